The number of hydrogen-bond donors (Lipinski definition) is 0. The average molecular weight is 492 g/mol. The summed E-state index contributed by atoms with van der Waals surface area (Å²) in [5.74, 6) is 1.05. The fourth-order valence-electron chi connectivity index (χ4n) is 5.63. The quantitative estimate of drug-likeness (QED) is 0.544. The van der Waals surface area contributed by atoms with Gasteiger partial charge in [0.1, 0.15) is 5.75 Å². The van der Waals surface area contributed by atoms with Gasteiger partial charge < -0.3 is 14.5 Å². The van der Waals surface area contributed by atoms with Gasteiger partial charge >= 0.3 is 5.69 Å². The van der Waals surface area contributed by atoms with Crippen LogP contribution in [0.5, 0.6) is 5.75 Å². The third-order valence-electron chi connectivity index (χ3n) is 7.81. The normalized spacial score (nSPS) is 20.5. The topological polar surface area (TPSA) is 89.7 Å². The summed E-state index contributed by atoms with van der Waals surface area (Å²) >= 11 is 0. The lowest BCUT2D eigenvalue weighted by atomic mass is 9.81. The number of nitrogens with zero attached hydrogens (tertiary/aromatic N) is 5. The first-order valence-electron chi connectivity index (χ1n) is 12.7. The third-order valence-corrected chi connectivity index (χ3v) is 7.81. The van der Waals surface area contributed by atoms with E-state index in [2.05, 4.69) is 9.88 Å². The predicted molar refractivity (Wildman–Crippen MR) is 138 cm³/mol. The van der Waals surface area contributed by atoms with Crippen LogP contribution < -0.4 is 20.9 Å². The monoisotopic (exact) mass is 491 g/mol. The number of anilines is 1. The minimum Gasteiger partial charge on any atom is -0.497 e. The minimum absolute atomic E-state index is 0.0224. The van der Waals surface area contributed by atoms with Crippen LogP contribution in [0.4, 0.5) is 5.69 Å². The number of aryl methyl sites for hydroxylation is 1. The van der Waals surface area contributed by atoms with Crippen molar-refractivity contribution in [2.45, 2.75) is 32.2 Å². The molecule has 36 heavy (non-hydrogen) atoms. The molecular weight excluding hydrogens is 458 g/mol. The molecule has 0 bridgehead atoms. The molecule has 0 atom stereocenters. The summed E-state index contributed by atoms with van der Waals surface area (Å²) in [5, 5.41) is 0.478. The number of amides is 1. The van der Waals surface area contributed by atoms with Crippen LogP contribution in [-0.4, -0.2) is 58.2 Å². The van der Waals surface area contributed by atoms with Crippen LogP contribution in [0.25, 0.3) is 10.9 Å². The second kappa shape index (κ2) is 10.2. The zero-order valence-corrected chi connectivity index (χ0v) is 20.9. The zero-order valence-electron chi connectivity index (χ0n) is 20.9. The van der Waals surface area contributed by atoms with Crippen LogP contribution in [0.1, 0.15) is 25.7 Å². The molecule has 2 aliphatic rings. The van der Waals surface area contributed by atoms with E-state index in [1.807, 2.05) is 17.0 Å². The lowest BCUT2D eigenvalue weighted by Crippen LogP contribution is -2.50. The molecule has 0 N–H and O–H groups in total. The van der Waals surface area contributed by atoms with Gasteiger partial charge in [0, 0.05) is 63.8 Å². The number of methoxy groups -OCH3 is 1. The van der Waals surface area contributed by atoms with Gasteiger partial charge in [0.25, 0.3) is 5.56 Å². The van der Waals surface area contributed by atoms with Crippen molar-refractivity contribution in [1.29, 1.82) is 0 Å². The Labute approximate surface area is 209 Å². The van der Waals surface area contributed by atoms with Crippen LogP contribution in [-0.2, 0) is 18.4 Å². The molecule has 1 aliphatic heterocycles. The van der Waals surface area contributed by atoms with Crippen molar-refractivity contribution in [1.82, 2.24) is 19.0 Å². The summed E-state index contributed by atoms with van der Waals surface area (Å²) in [6, 6.07) is 9.20. The number of rotatable bonds is 5. The number of hydrogen-bond acceptors (Lipinski definition) is 6. The SMILES string of the molecule is COc1ccc2c(c1)c(=O)n(CC1CCC(C(=O)N3CCN(c4ccncc4)CC3)CC1)c(=O)n2C. The van der Waals surface area contributed by atoms with Crippen LogP contribution in [0.15, 0.2) is 52.3 Å². The Bertz CT molecular complexity index is 1350. The van der Waals surface area contributed by atoms with Crippen molar-refractivity contribution >= 4 is 22.5 Å². The molecule has 5 rings (SSSR count). The maximum absolute atomic E-state index is 13.2. The smallest absolute Gasteiger partial charge is 0.331 e. The maximum Gasteiger partial charge on any atom is 0.331 e. The minimum atomic E-state index is -0.303. The molecule has 2 fully saturated rings. The number of fused-ring (bicyclic) bond motifs is 1. The highest BCUT2D eigenvalue weighted by molar-refractivity contribution is 5.80. The Morgan fingerprint density at radius 2 is 1.69 bits per heavy atom. The largest absolute Gasteiger partial charge is 0.497 e. The van der Waals surface area contributed by atoms with Gasteiger partial charge in [0.05, 0.1) is 18.0 Å². The van der Waals surface area contributed by atoms with Gasteiger partial charge in [-0.05, 0) is 61.9 Å². The van der Waals surface area contributed by atoms with Gasteiger partial charge in [-0.15, -0.1) is 0 Å². The lowest BCUT2D eigenvalue weighted by molar-refractivity contribution is -0.137. The van der Waals surface area contributed by atoms with Crippen LogP contribution in [0.3, 0.4) is 0 Å². The Hall–Kier alpha value is -3.62. The van der Waals surface area contributed by atoms with E-state index in [-0.39, 0.29) is 29.0 Å². The lowest BCUT2D eigenvalue weighted by Gasteiger charge is -2.38. The van der Waals surface area contributed by atoms with Gasteiger partial charge in [0.15, 0.2) is 0 Å². The van der Waals surface area contributed by atoms with Crippen molar-refractivity contribution in [3.63, 3.8) is 0 Å². The van der Waals surface area contributed by atoms with Crippen molar-refractivity contribution in [3.05, 3.63) is 63.6 Å². The van der Waals surface area contributed by atoms with E-state index >= 15 is 0 Å². The van der Waals surface area contributed by atoms with Crippen LogP contribution in [0, 0.1) is 11.8 Å². The van der Waals surface area contributed by atoms with E-state index in [9.17, 15) is 14.4 Å². The number of ether oxygens (including phenoxy) is 1. The summed E-state index contributed by atoms with van der Waals surface area (Å²) in [6.07, 6.45) is 6.85. The molecule has 0 unspecified atom stereocenters. The van der Waals surface area contributed by atoms with E-state index in [0.29, 0.717) is 23.2 Å². The highest BCUT2D eigenvalue weighted by Gasteiger charge is 2.31. The Kier molecular flexibility index (Phi) is 6.80. The van der Waals surface area contributed by atoms with E-state index in [0.717, 1.165) is 57.5 Å². The molecule has 0 spiro atoms. The molecule has 3 aromatic rings. The summed E-state index contributed by atoms with van der Waals surface area (Å²) in [4.78, 5) is 47.7. The van der Waals surface area contributed by atoms with E-state index in [1.165, 1.54) is 9.13 Å². The molecule has 0 radical (unpaired) electrons. The molecule has 1 amide bonds. The van der Waals surface area contributed by atoms with Gasteiger partial charge in [0.2, 0.25) is 5.91 Å². The van der Waals surface area contributed by atoms with Crippen LogP contribution in [0.2, 0.25) is 0 Å². The number of aromatic nitrogens is 3. The Morgan fingerprint density at radius 1 is 1.00 bits per heavy atom. The zero-order chi connectivity index (χ0) is 25.2. The standard InChI is InChI=1S/C27H33N5O4/c1-29-24-8-7-22(36-2)17-23(24)26(34)32(27(29)35)18-19-3-5-20(6-4-19)25(33)31-15-13-30(14-16-31)21-9-11-28-12-10-21/h7-12,17,19-20H,3-6,13-16,18H2,1-2H3. The number of pyridine rings is 1. The van der Waals surface area contributed by atoms with E-state index in [1.54, 1.807) is 44.8 Å². The average Bonchev–Trinajstić information content (AvgIpc) is 2.94. The van der Waals surface area contributed by atoms with Gasteiger partial charge in [-0.1, -0.05) is 0 Å². The second-order valence-corrected chi connectivity index (χ2v) is 9.88. The molecule has 1 saturated carbocycles. The molecule has 190 valence electrons. The number of piperazine rings is 1. The first-order chi connectivity index (χ1) is 17.5. The summed E-state index contributed by atoms with van der Waals surface area (Å²) in [7, 11) is 3.25. The maximum atomic E-state index is 13.2. The molecule has 9 nitrogen and oxygen atoms in total. The summed E-state index contributed by atoms with van der Waals surface area (Å²) in [5.41, 5.74) is 1.16. The molecule has 3 heterocycles. The van der Waals surface area contributed by atoms with Gasteiger partial charge in [-0.2, -0.15) is 0 Å². The fraction of sp³-hybridized carbons (Fsp3) is 0.481. The molecule has 9 heteroatoms. The fourth-order valence-corrected chi connectivity index (χ4v) is 5.63. The molecule has 1 aliphatic carbocycles. The Morgan fingerprint density at radius 3 is 2.36 bits per heavy atom. The van der Waals surface area contributed by atoms with E-state index < -0.39 is 0 Å². The van der Waals surface area contributed by atoms with Crippen LogP contribution >= 0.6 is 0 Å². The van der Waals surface area contributed by atoms with Crippen molar-refractivity contribution < 1.29 is 9.53 Å². The highest BCUT2D eigenvalue weighted by Crippen LogP contribution is 2.31. The van der Waals surface area contributed by atoms with Crippen molar-refractivity contribution in [3.8, 4) is 5.75 Å². The van der Waals surface area contributed by atoms with Gasteiger partial charge in [-0.3, -0.25) is 23.7 Å². The van der Waals surface area contributed by atoms with Crippen molar-refractivity contribution in [2.24, 2.45) is 18.9 Å². The van der Waals surface area contributed by atoms with Gasteiger partial charge in [-0.25, -0.2) is 4.79 Å². The summed E-state index contributed by atoms with van der Waals surface area (Å²) < 4.78 is 8.15. The molecule has 1 saturated heterocycles. The summed E-state index contributed by atoms with van der Waals surface area (Å²) in [6.45, 7) is 3.48. The van der Waals surface area contributed by atoms with Crippen molar-refractivity contribution in [2.75, 3.05) is 38.2 Å². The molecular formula is C27H33N5O4. The second-order valence-electron chi connectivity index (χ2n) is 9.88. The first-order valence-corrected chi connectivity index (χ1v) is 12.7. The number of carbonyl (C=O) groups is 1. The molecule has 2 aromatic heterocycles. The Balaban J connectivity index is 1.21. The van der Waals surface area contributed by atoms with E-state index in [4.69, 9.17) is 4.74 Å². The predicted octanol–water partition coefficient (Wildman–Crippen LogP) is 2.26. The molecule has 1 aromatic carbocycles. The first kappa shape index (κ1) is 24.1. The third kappa shape index (κ3) is 4.62. The number of carbonyl (C=O) groups excluding carboxylic acids is 1. The highest BCUT2D eigenvalue weighted by atomic mass is 16.5. The number of benzene rings is 1.